The number of carbonyl (C=O) groups excluding carboxylic acids is 1. The van der Waals surface area contributed by atoms with Gasteiger partial charge in [0.2, 0.25) is 0 Å². The van der Waals surface area contributed by atoms with E-state index < -0.39 is 4.70 Å². The third-order valence-electron chi connectivity index (χ3n) is 0.707. The Hall–Kier alpha value is 0.210. The van der Waals surface area contributed by atoms with Crippen molar-refractivity contribution in [3.05, 3.63) is 0 Å². The lowest BCUT2D eigenvalue weighted by Crippen LogP contribution is -2.29. The van der Waals surface area contributed by atoms with E-state index in [4.69, 9.17) is 4.79 Å². The Bertz CT molecular complexity index is 64.4. The van der Waals surface area contributed by atoms with Gasteiger partial charge < -0.3 is 5.32 Å². The summed E-state index contributed by atoms with van der Waals surface area (Å²) in [5.41, 5.74) is 0. The second kappa shape index (κ2) is 5.35. The summed E-state index contributed by atoms with van der Waals surface area (Å²) in [5.74, 6) is 0. The Kier molecular flexibility index (Phi) is 5.49. The number of carbonyl (C=O) groups is 1. The molecule has 0 aromatic rings. The van der Waals surface area contributed by atoms with Gasteiger partial charge in [0.1, 0.15) is 0 Å². The van der Waals surface area contributed by atoms with Gasteiger partial charge in [0.25, 0.3) is 0 Å². The maximum atomic E-state index is 8.98. The third-order valence-corrected chi connectivity index (χ3v) is 0.707. The predicted molar refractivity (Wildman–Crippen MR) is 34.6 cm³/mol. The lowest BCUT2D eigenvalue weighted by molar-refractivity contribution is 0.275. The molecule has 0 unspecified atom stereocenters. The first-order valence-electron chi connectivity index (χ1n) is 2.29. The van der Waals surface area contributed by atoms with Crippen molar-refractivity contribution in [1.29, 1.82) is 0 Å². The third kappa shape index (κ3) is 9.51. The van der Waals surface area contributed by atoms with Gasteiger partial charge in [-0.3, -0.25) is 4.79 Å². The molecule has 1 rings (SSSR count). The predicted octanol–water partition coefficient (Wildman–Crippen LogP) is 1.56. The molecule has 1 heterocycles. The quantitative estimate of drug-likeness (QED) is 0.539. The number of hydrogen-bond acceptors (Lipinski definition) is 2. The van der Waals surface area contributed by atoms with E-state index in [9.17, 15) is 0 Å². The van der Waals surface area contributed by atoms with Crippen molar-refractivity contribution in [3.8, 4) is 0 Å². The fourth-order valence-corrected chi connectivity index (χ4v) is 0.177. The molecule has 1 aliphatic rings. The lowest BCUT2D eigenvalue weighted by atomic mass is 10.3. The van der Waals surface area contributed by atoms with Crippen molar-refractivity contribution in [2.24, 2.45) is 0 Å². The Labute approximate surface area is 58.2 Å². The van der Waals surface area contributed by atoms with Crippen LogP contribution in [0.15, 0.2) is 0 Å². The largest absolute Gasteiger partial charge is 0.317 e. The summed E-state index contributed by atoms with van der Waals surface area (Å²) >= 11 is 8.80. The average molecular weight is 156 g/mol. The minimum atomic E-state index is -0.889. The highest BCUT2D eigenvalue weighted by molar-refractivity contribution is 6.93. The van der Waals surface area contributed by atoms with Crippen molar-refractivity contribution >= 4 is 27.9 Å². The van der Waals surface area contributed by atoms with Gasteiger partial charge in [-0.2, -0.15) is 0 Å². The molecule has 1 aliphatic heterocycles. The van der Waals surface area contributed by atoms with E-state index in [1.165, 1.54) is 19.5 Å². The summed E-state index contributed by atoms with van der Waals surface area (Å²) < 4.78 is -0.889. The zero-order valence-corrected chi connectivity index (χ0v) is 5.80. The van der Waals surface area contributed by atoms with Crippen LogP contribution in [-0.2, 0) is 0 Å². The van der Waals surface area contributed by atoms with Crippen LogP contribution in [-0.4, -0.2) is 17.8 Å². The standard InChI is InChI=1S/C3H7N.CCl2O/c1-2-4-3-1;2-1(3)4/h4H,1-3H2;. The smallest absolute Gasteiger partial charge is 0.313 e. The molecular weight excluding hydrogens is 149 g/mol. The van der Waals surface area contributed by atoms with E-state index in [1.807, 2.05) is 0 Å². The minimum Gasteiger partial charge on any atom is -0.317 e. The van der Waals surface area contributed by atoms with Crippen LogP contribution in [0.1, 0.15) is 6.42 Å². The van der Waals surface area contributed by atoms with Crippen LogP contribution in [0.4, 0.5) is 4.79 Å². The van der Waals surface area contributed by atoms with Crippen LogP contribution in [0, 0.1) is 0 Å². The minimum absolute atomic E-state index is 0.889. The monoisotopic (exact) mass is 155 g/mol. The van der Waals surface area contributed by atoms with Gasteiger partial charge >= 0.3 is 4.70 Å². The molecule has 0 saturated carbocycles. The molecule has 2 nitrogen and oxygen atoms in total. The fraction of sp³-hybridized carbons (Fsp3) is 0.750. The first-order valence-corrected chi connectivity index (χ1v) is 3.05. The van der Waals surface area contributed by atoms with E-state index in [0.29, 0.717) is 0 Å². The van der Waals surface area contributed by atoms with Gasteiger partial charge in [-0.25, -0.2) is 0 Å². The van der Waals surface area contributed by atoms with Crippen LogP contribution in [0.3, 0.4) is 0 Å². The molecule has 0 aromatic heterocycles. The highest BCUT2D eigenvalue weighted by Gasteiger charge is 1.92. The van der Waals surface area contributed by atoms with Crippen LogP contribution in [0.5, 0.6) is 0 Å². The van der Waals surface area contributed by atoms with Gasteiger partial charge in [-0.1, -0.05) is 0 Å². The summed E-state index contributed by atoms with van der Waals surface area (Å²) in [6.07, 6.45) is 1.39. The molecule has 0 aliphatic carbocycles. The highest BCUT2D eigenvalue weighted by Crippen LogP contribution is 1.84. The summed E-state index contributed by atoms with van der Waals surface area (Å²) in [7, 11) is 0. The summed E-state index contributed by atoms with van der Waals surface area (Å²) in [4.78, 5) is 8.98. The van der Waals surface area contributed by atoms with Crippen molar-refractivity contribution in [2.75, 3.05) is 13.1 Å². The van der Waals surface area contributed by atoms with Crippen molar-refractivity contribution < 1.29 is 4.79 Å². The summed E-state index contributed by atoms with van der Waals surface area (Å²) in [6.45, 7) is 2.50. The topological polar surface area (TPSA) is 29.1 Å². The maximum Gasteiger partial charge on any atom is 0.313 e. The Balaban J connectivity index is 0.000000122. The van der Waals surface area contributed by atoms with E-state index in [0.717, 1.165) is 0 Å². The molecule has 1 saturated heterocycles. The SMILES string of the molecule is C1CNC1.O=C(Cl)Cl. The number of hydrogen-bond donors (Lipinski definition) is 1. The number of nitrogens with one attached hydrogen (secondary N) is 1. The first kappa shape index (κ1) is 8.21. The van der Waals surface area contributed by atoms with E-state index in [1.54, 1.807) is 0 Å². The van der Waals surface area contributed by atoms with Gasteiger partial charge in [-0.15, -0.1) is 0 Å². The van der Waals surface area contributed by atoms with E-state index in [-0.39, 0.29) is 0 Å². The second-order valence-electron chi connectivity index (χ2n) is 1.33. The lowest BCUT2D eigenvalue weighted by Gasteiger charge is -2.09. The van der Waals surface area contributed by atoms with Crippen LogP contribution in [0.2, 0.25) is 0 Å². The summed E-state index contributed by atoms with van der Waals surface area (Å²) in [6, 6.07) is 0. The van der Waals surface area contributed by atoms with Crippen molar-refractivity contribution in [2.45, 2.75) is 6.42 Å². The van der Waals surface area contributed by atoms with Crippen LogP contribution < -0.4 is 5.32 Å². The molecular formula is C4H7Cl2NO. The van der Waals surface area contributed by atoms with Gasteiger partial charge in [0, 0.05) is 0 Å². The molecule has 1 N–H and O–H groups in total. The zero-order valence-electron chi connectivity index (χ0n) is 4.29. The second-order valence-corrected chi connectivity index (χ2v) is 2.21. The Morgan fingerprint density at radius 1 is 1.38 bits per heavy atom. The number of rotatable bonds is 0. The molecule has 0 radical (unpaired) electrons. The van der Waals surface area contributed by atoms with Gasteiger partial charge in [-0.05, 0) is 42.7 Å². The zero-order chi connectivity index (χ0) is 6.41. The van der Waals surface area contributed by atoms with Crippen LogP contribution >= 0.6 is 23.2 Å². The number of halogens is 2. The Morgan fingerprint density at radius 3 is 1.50 bits per heavy atom. The normalized spacial score (nSPS) is 15.2. The maximum absolute atomic E-state index is 8.98. The van der Waals surface area contributed by atoms with E-state index >= 15 is 0 Å². The van der Waals surface area contributed by atoms with E-state index in [2.05, 4.69) is 28.5 Å². The summed E-state index contributed by atoms with van der Waals surface area (Å²) in [5, 5.41) is 3.11. The molecule has 0 spiro atoms. The average Bonchev–Trinajstić information content (AvgIpc) is 1.19. The molecule has 1 fully saturated rings. The van der Waals surface area contributed by atoms with Crippen molar-refractivity contribution in [3.63, 3.8) is 0 Å². The van der Waals surface area contributed by atoms with Gasteiger partial charge in [0.05, 0.1) is 0 Å². The van der Waals surface area contributed by atoms with Gasteiger partial charge in [0.15, 0.2) is 0 Å². The Morgan fingerprint density at radius 2 is 1.50 bits per heavy atom. The molecule has 4 heteroatoms. The molecule has 0 atom stereocenters. The molecule has 0 aromatic carbocycles. The molecule has 8 heavy (non-hydrogen) atoms. The first-order chi connectivity index (χ1) is 3.73. The van der Waals surface area contributed by atoms with Crippen LogP contribution in [0.25, 0.3) is 0 Å². The van der Waals surface area contributed by atoms with Crippen molar-refractivity contribution in [1.82, 2.24) is 5.32 Å². The fourth-order valence-electron chi connectivity index (χ4n) is 0.177. The molecule has 48 valence electrons. The molecule has 0 bridgehead atoms. The molecule has 0 amide bonds. The highest BCUT2D eigenvalue weighted by atomic mass is 35.5.